The van der Waals surface area contributed by atoms with Crippen molar-refractivity contribution >= 4 is 24.2 Å². The van der Waals surface area contributed by atoms with E-state index < -0.39 is 6.04 Å². The van der Waals surface area contributed by atoms with Crippen LogP contribution in [0.25, 0.3) is 0 Å². The quantitative estimate of drug-likeness (QED) is 0.710. The summed E-state index contributed by atoms with van der Waals surface area (Å²) in [6.07, 6.45) is 0. The fourth-order valence-corrected chi connectivity index (χ4v) is 1.78. The van der Waals surface area contributed by atoms with E-state index in [9.17, 15) is 9.59 Å². The fourth-order valence-electron chi connectivity index (χ4n) is 1.78. The molecule has 94 valence electrons. The lowest BCUT2D eigenvalue weighted by Crippen LogP contribution is -2.57. The molecule has 0 aromatic rings. The van der Waals surface area contributed by atoms with Gasteiger partial charge in [0.25, 0.3) is 0 Å². The van der Waals surface area contributed by atoms with Crippen LogP contribution in [-0.4, -0.2) is 48.4 Å². The van der Waals surface area contributed by atoms with Gasteiger partial charge in [-0.25, -0.2) is 0 Å². The number of amides is 2. The number of piperazine rings is 1. The van der Waals surface area contributed by atoms with Crippen LogP contribution < -0.4 is 10.6 Å². The first-order chi connectivity index (χ1) is 7.02. The number of rotatable bonds is 2. The third kappa shape index (κ3) is 3.98. The predicted molar refractivity (Wildman–Crippen MR) is 64.6 cm³/mol. The lowest BCUT2D eigenvalue weighted by Gasteiger charge is -2.35. The van der Waals surface area contributed by atoms with Crippen molar-refractivity contribution in [3.8, 4) is 0 Å². The van der Waals surface area contributed by atoms with Gasteiger partial charge in [0.1, 0.15) is 6.04 Å². The van der Waals surface area contributed by atoms with Crippen molar-refractivity contribution in [3.05, 3.63) is 0 Å². The minimum atomic E-state index is -0.428. The molecule has 0 aliphatic carbocycles. The molecular formula is C10H20ClN3O2. The Bertz CT molecular complexity index is 260. The molecule has 5 nitrogen and oxygen atoms in total. The molecule has 2 amide bonds. The lowest BCUT2D eigenvalue weighted by molar-refractivity contribution is -0.138. The van der Waals surface area contributed by atoms with E-state index >= 15 is 0 Å². The number of hydrogen-bond donors (Lipinski definition) is 2. The van der Waals surface area contributed by atoms with E-state index in [0.29, 0.717) is 6.54 Å². The molecule has 1 fully saturated rings. The first kappa shape index (κ1) is 15.2. The van der Waals surface area contributed by atoms with Crippen molar-refractivity contribution in [2.24, 2.45) is 0 Å². The van der Waals surface area contributed by atoms with Crippen LogP contribution >= 0.6 is 12.4 Å². The minimum absolute atomic E-state index is 0. The number of carbonyl (C=O) groups excluding carboxylic acids is 2. The van der Waals surface area contributed by atoms with E-state index in [1.165, 1.54) is 6.92 Å². The number of hydrogen-bond acceptors (Lipinski definition) is 3. The van der Waals surface area contributed by atoms with Crippen molar-refractivity contribution < 1.29 is 9.59 Å². The van der Waals surface area contributed by atoms with Gasteiger partial charge in [0.15, 0.2) is 0 Å². The van der Waals surface area contributed by atoms with E-state index in [-0.39, 0.29) is 30.3 Å². The summed E-state index contributed by atoms with van der Waals surface area (Å²) in [5, 5.41) is 5.83. The molecule has 0 aromatic carbocycles. The Morgan fingerprint density at radius 3 is 2.62 bits per heavy atom. The zero-order chi connectivity index (χ0) is 11.4. The van der Waals surface area contributed by atoms with E-state index in [1.807, 2.05) is 11.8 Å². The third-order valence-corrected chi connectivity index (χ3v) is 2.57. The average molecular weight is 250 g/mol. The van der Waals surface area contributed by atoms with Gasteiger partial charge < -0.3 is 15.5 Å². The van der Waals surface area contributed by atoms with E-state index in [1.54, 1.807) is 6.92 Å². The van der Waals surface area contributed by atoms with Crippen LogP contribution in [-0.2, 0) is 9.59 Å². The third-order valence-electron chi connectivity index (χ3n) is 2.57. The number of carbonyl (C=O) groups is 2. The van der Waals surface area contributed by atoms with Crippen LogP contribution in [0.4, 0.5) is 0 Å². The Morgan fingerprint density at radius 2 is 2.12 bits per heavy atom. The van der Waals surface area contributed by atoms with Crippen molar-refractivity contribution in [2.45, 2.75) is 32.9 Å². The molecule has 1 unspecified atom stereocenters. The normalized spacial score (nSPS) is 21.9. The molecule has 0 saturated carbocycles. The summed E-state index contributed by atoms with van der Waals surface area (Å²) < 4.78 is 0. The van der Waals surface area contributed by atoms with E-state index in [4.69, 9.17) is 0 Å². The molecule has 0 aromatic heterocycles. The highest BCUT2D eigenvalue weighted by Crippen LogP contribution is 2.04. The molecule has 1 heterocycles. The van der Waals surface area contributed by atoms with Gasteiger partial charge in [-0.2, -0.15) is 0 Å². The maximum Gasteiger partial charge on any atom is 0.245 e. The molecule has 0 radical (unpaired) electrons. The van der Waals surface area contributed by atoms with Crippen LogP contribution in [0.5, 0.6) is 0 Å². The van der Waals surface area contributed by atoms with Crippen molar-refractivity contribution in [1.29, 1.82) is 0 Å². The lowest BCUT2D eigenvalue weighted by atomic mass is 10.2. The monoisotopic (exact) mass is 249 g/mol. The van der Waals surface area contributed by atoms with E-state index in [0.717, 1.165) is 13.1 Å². The van der Waals surface area contributed by atoms with Crippen LogP contribution in [0.3, 0.4) is 0 Å². The largest absolute Gasteiger partial charge is 0.345 e. The smallest absolute Gasteiger partial charge is 0.245 e. The maximum atomic E-state index is 11.9. The molecule has 1 aliphatic rings. The average Bonchev–Trinajstić information content (AvgIpc) is 2.16. The van der Waals surface area contributed by atoms with Gasteiger partial charge in [0.05, 0.1) is 0 Å². The predicted octanol–water partition coefficient (Wildman–Crippen LogP) is -0.247. The number of halogens is 1. The Labute approximate surface area is 102 Å². The molecular weight excluding hydrogens is 230 g/mol. The van der Waals surface area contributed by atoms with Gasteiger partial charge in [-0.05, 0) is 13.8 Å². The van der Waals surface area contributed by atoms with Gasteiger partial charge >= 0.3 is 0 Å². The highest BCUT2D eigenvalue weighted by atomic mass is 35.5. The number of nitrogens with one attached hydrogen (secondary N) is 2. The second-order valence-electron chi connectivity index (χ2n) is 4.01. The van der Waals surface area contributed by atoms with E-state index in [2.05, 4.69) is 10.6 Å². The summed E-state index contributed by atoms with van der Waals surface area (Å²) in [7, 11) is 0. The molecule has 16 heavy (non-hydrogen) atoms. The van der Waals surface area contributed by atoms with Crippen LogP contribution in [0.1, 0.15) is 20.8 Å². The molecule has 2 N–H and O–H groups in total. The second-order valence-corrected chi connectivity index (χ2v) is 4.01. The highest BCUT2D eigenvalue weighted by molar-refractivity contribution is 5.86. The van der Waals surface area contributed by atoms with Crippen molar-refractivity contribution in [2.75, 3.05) is 19.6 Å². The SMILES string of the molecule is CC(=O)NC(C)C(=O)N1CCNC[C@H]1C.Cl. The summed E-state index contributed by atoms with van der Waals surface area (Å²) in [5.74, 6) is -0.169. The number of nitrogens with zero attached hydrogens (tertiary/aromatic N) is 1. The molecule has 1 rings (SSSR count). The molecule has 1 saturated heterocycles. The highest BCUT2D eigenvalue weighted by Gasteiger charge is 2.26. The Balaban J connectivity index is 0.00000225. The van der Waals surface area contributed by atoms with Crippen molar-refractivity contribution in [3.63, 3.8) is 0 Å². The molecule has 1 aliphatic heterocycles. The fraction of sp³-hybridized carbons (Fsp3) is 0.800. The molecule has 0 spiro atoms. The Hall–Kier alpha value is -0.810. The molecule has 0 bridgehead atoms. The Kier molecular flexibility index (Phi) is 6.36. The van der Waals surface area contributed by atoms with Gasteiger partial charge in [0, 0.05) is 32.6 Å². The standard InChI is InChI=1S/C10H19N3O2.ClH/c1-7-6-11-4-5-13(7)10(15)8(2)12-9(3)14;/h7-8,11H,4-6H2,1-3H3,(H,12,14);1H/t7-,8?;/m1./s1. The van der Waals surface area contributed by atoms with Crippen LogP contribution in [0.2, 0.25) is 0 Å². The molecule has 6 heteroatoms. The van der Waals surface area contributed by atoms with Gasteiger partial charge in [-0.15, -0.1) is 12.4 Å². The minimum Gasteiger partial charge on any atom is -0.345 e. The zero-order valence-corrected chi connectivity index (χ0v) is 10.8. The second kappa shape index (κ2) is 6.70. The van der Waals surface area contributed by atoms with Crippen LogP contribution in [0.15, 0.2) is 0 Å². The summed E-state index contributed by atoms with van der Waals surface area (Å²) in [6, 6.07) is -0.231. The van der Waals surface area contributed by atoms with Gasteiger partial charge in [-0.1, -0.05) is 0 Å². The Morgan fingerprint density at radius 1 is 1.50 bits per heavy atom. The molecule has 2 atom stereocenters. The van der Waals surface area contributed by atoms with Gasteiger partial charge in [0.2, 0.25) is 11.8 Å². The summed E-state index contributed by atoms with van der Waals surface area (Å²) in [4.78, 5) is 24.6. The zero-order valence-electron chi connectivity index (χ0n) is 9.95. The van der Waals surface area contributed by atoms with Crippen molar-refractivity contribution in [1.82, 2.24) is 15.5 Å². The first-order valence-corrected chi connectivity index (χ1v) is 5.30. The maximum absolute atomic E-state index is 11.9. The summed E-state index contributed by atoms with van der Waals surface area (Å²) in [5.41, 5.74) is 0. The van der Waals surface area contributed by atoms with Gasteiger partial charge in [-0.3, -0.25) is 9.59 Å². The topological polar surface area (TPSA) is 61.4 Å². The summed E-state index contributed by atoms with van der Waals surface area (Å²) in [6.45, 7) is 7.50. The first-order valence-electron chi connectivity index (χ1n) is 5.30. The van der Waals surface area contributed by atoms with Crippen LogP contribution in [0, 0.1) is 0 Å². The summed E-state index contributed by atoms with van der Waals surface area (Å²) >= 11 is 0.